The van der Waals surface area contributed by atoms with E-state index in [0.29, 0.717) is 31.2 Å². The zero-order chi connectivity index (χ0) is 21.4. The smallest absolute Gasteiger partial charge is 0.282 e. The van der Waals surface area contributed by atoms with E-state index in [-0.39, 0.29) is 17.2 Å². The molecule has 1 N–H and O–H groups in total. The van der Waals surface area contributed by atoms with Crippen molar-refractivity contribution in [3.63, 3.8) is 0 Å². The third kappa shape index (κ3) is 4.31. The van der Waals surface area contributed by atoms with Crippen molar-refractivity contribution in [3.8, 4) is 5.75 Å². The molecular formula is C21H17Br4N3O2. The molecule has 0 atom stereocenters. The largest absolute Gasteiger partial charge is 0.506 e. The van der Waals surface area contributed by atoms with E-state index in [1.54, 1.807) is 18.3 Å². The zero-order valence-electron chi connectivity index (χ0n) is 15.7. The first-order chi connectivity index (χ1) is 14.4. The fourth-order valence-electron chi connectivity index (χ4n) is 3.73. The van der Waals surface area contributed by atoms with Gasteiger partial charge in [-0.05, 0) is 69.0 Å². The van der Waals surface area contributed by atoms with E-state index in [1.165, 1.54) is 11.1 Å². The van der Waals surface area contributed by atoms with Crippen molar-refractivity contribution < 1.29 is 5.11 Å². The van der Waals surface area contributed by atoms with E-state index in [0.717, 1.165) is 34.6 Å². The van der Waals surface area contributed by atoms with Gasteiger partial charge in [0, 0.05) is 20.4 Å². The molecule has 0 spiro atoms. The van der Waals surface area contributed by atoms with Gasteiger partial charge in [-0.25, -0.2) is 4.98 Å². The highest BCUT2D eigenvalue weighted by Crippen LogP contribution is 2.38. The minimum absolute atomic E-state index is 0.0695. The van der Waals surface area contributed by atoms with Crippen LogP contribution in [-0.4, -0.2) is 21.0 Å². The number of hydrogen-bond donors (Lipinski definition) is 1. The van der Waals surface area contributed by atoms with Crippen LogP contribution in [0.1, 0.15) is 49.4 Å². The van der Waals surface area contributed by atoms with Gasteiger partial charge in [-0.2, -0.15) is 9.78 Å². The Morgan fingerprint density at radius 3 is 2.53 bits per heavy atom. The van der Waals surface area contributed by atoms with Gasteiger partial charge in [0.2, 0.25) is 0 Å². The topological polar surface area (TPSA) is 67.5 Å². The van der Waals surface area contributed by atoms with Gasteiger partial charge in [0.15, 0.2) is 0 Å². The highest BCUT2D eigenvalue weighted by molar-refractivity contribution is 9.11. The van der Waals surface area contributed by atoms with Crippen molar-refractivity contribution in [2.45, 2.75) is 38.0 Å². The van der Waals surface area contributed by atoms with E-state index >= 15 is 0 Å². The van der Waals surface area contributed by atoms with Crippen LogP contribution in [0, 0.1) is 0 Å². The van der Waals surface area contributed by atoms with Crippen molar-refractivity contribution in [2.24, 2.45) is 5.10 Å². The van der Waals surface area contributed by atoms with E-state index in [1.807, 2.05) is 12.1 Å². The van der Waals surface area contributed by atoms with Crippen molar-refractivity contribution in [1.82, 2.24) is 9.66 Å². The third-order valence-corrected chi connectivity index (χ3v) is 7.84. The Morgan fingerprint density at radius 2 is 1.80 bits per heavy atom. The summed E-state index contributed by atoms with van der Waals surface area (Å²) in [5.74, 6) is 0.960. The van der Waals surface area contributed by atoms with E-state index < -0.39 is 0 Å². The fraction of sp³-hybridized carbons (Fsp3) is 0.286. The van der Waals surface area contributed by atoms with Crippen LogP contribution in [0.2, 0.25) is 0 Å². The summed E-state index contributed by atoms with van der Waals surface area (Å²) >= 11 is 13.7. The second kappa shape index (κ2) is 9.22. The van der Waals surface area contributed by atoms with Crippen LogP contribution >= 0.6 is 63.7 Å². The maximum Gasteiger partial charge on any atom is 0.282 e. The number of phenolic OH excluding ortho intramolecular Hbond substituents is 1. The minimum Gasteiger partial charge on any atom is -0.506 e. The lowest BCUT2D eigenvalue weighted by molar-refractivity contribution is 0.416. The molecule has 1 aromatic heterocycles. The molecule has 5 nitrogen and oxygen atoms in total. The number of fused-ring (bicyclic) bond motifs is 1. The lowest BCUT2D eigenvalue weighted by Gasteiger charge is -2.22. The van der Waals surface area contributed by atoms with E-state index in [4.69, 9.17) is 4.98 Å². The van der Waals surface area contributed by atoms with Gasteiger partial charge in [-0.3, -0.25) is 4.79 Å². The lowest BCUT2D eigenvalue weighted by Crippen LogP contribution is -2.25. The highest BCUT2D eigenvalue weighted by Gasteiger charge is 2.23. The Hall–Kier alpha value is -1.03. The van der Waals surface area contributed by atoms with Gasteiger partial charge in [0.1, 0.15) is 11.6 Å². The summed E-state index contributed by atoms with van der Waals surface area (Å²) in [4.78, 5) is 18.2. The third-order valence-electron chi connectivity index (χ3n) is 5.29. The molecule has 4 rings (SSSR count). The zero-order valence-corrected chi connectivity index (χ0v) is 22.1. The number of nitrogens with zero attached hydrogens (tertiary/aromatic N) is 3. The highest BCUT2D eigenvalue weighted by atomic mass is 79.9. The summed E-state index contributed by atoms with van der Waals surface area (Å²) in [7, 11) is 0. The molecule has 0 radical (unpaired) electrons. The number of hydrogen-bond acceptors (Lipinski definition) is 4. The van der Waals surface area contributed by atoms with Crippen LogP contribution < -0.4 is 5.56 Å². The molecule has 1 fully saturated rings. The fourth-order valence-corrected chi connectivity index (χ4v) is 6.42. The monoisotopic (exact) mass is 659 g/mol. The molecule has 3 aromatic rings. The quantitative estimate of drug-likeness (QED) is 0.305. The van der Waals surface area contributed by atoms with Gasteiger partial charge >= 0.3 is 0 Å². The summed E-state index contributed by atoms with van der Waals surface area (Å²) in [6.45, 7) is 0. The van der Waals surface area contributed by atoms with E-state index in [2.05, 4.69) is 68.8 Å². The predicted molar refractivity (Wildman–Crippen MR) is 134 cm³/mol. The van der Waals surface area contributed by atoms with Crippen molar-refractivity contribution >= 4 is 80.8 Å². The second-order valence-electron chi connectivity index (χ2n) is 7.24. The molecule has 30 heavy (non-hydrogen) atoms. The molecule has 156 valence electrons. The molecular weight excluding hydrogens is 646 g/mol. The molecule has 0 aliphatic heterocycles. The van der Waals surface area contributed by atoms with Crippen LogP contribution in [0.3, 0.4) is 0 Å². The molecule has 9 heteroatoms. The van der Waals surface area contributed by atoms with Gasteiger partial charge < -0.3 is 5.11 Å². The molecule has 1 aliphatic carbocycles. The van der Waals surface area contributed by atoms with Crippen LogP contribution in [0.4, 0.5) is 0 Å². The Balaban J connectivity index is 1.91. The Morgan fingerprint density at radius 1 is 1.07 bits per heavy atom. The molecule has 1 saturated carbocycles. The first-order valence-corrected chi connectivity index (χ1v) is 12.7. The average Bonchev–Trinajstić information content (AvgIpc) is 2.74. The van der Waals surface area contributed by atoms with Crippen molar-refractivity contribution in [2.75, 3.05) is 0 Å². The maximum atomic E-state index is 13.4. The van der Waals surface area contributed by atoms with E-state index in [9.17, 15) is 9.90 Å². The van der Waals surface area contributed by atoms with Gasteiger partial charge in [-0.15, -0.1) is 0 Å². The SMILES string of the molecule is O=c1c2cc(Br)ccc2nc(C2CCCCC2)n1N=Cc1c(Br)cc(Br)c(O)c1Br. The number of phenols is 1. The lowest BCUT2D eigenvalue weighted by atomic mass is 9.88. The molecule has 0 unspecified atom stereocenters. The number of benzene rings is 2. The van der Waals surface area contributed by atoms with Gasteiger partial charge in [0.05, 0.1) is 26.1 Å². The maximum absolute atomic E-state index is 13.4. The summed E-state index contributed by atoms with van der Waals surface area (Å²) in [6, 6.07) is 7.27. The first kappa shape index (κ1) is 22.2. The average molecular weight is 663 g/mol. The standard InChI is InChI=1S/C21H17Br4N3O2/c22-12-6-7-17-13(8-12)21(30)28(20(27-17)11-4-2-1-3-5-11)26-10-14-15(23)9-16(24)19(29)18(14)25/h6-11,29H,1-5H2. The normalized spacial score (nSPS) is 15.3. The summed E-state index contributed by atoms with van der Waals surface area (Å²) in [5.41, 5.74) is 1.11. The predicted octanol–water partition coefficient (Wildman–Crippen LogP) is 7.08. The molecule has 1 aliphatic rings. The minimum atomic E-state index is -0.202. The van der Waals surface area contributed by atoms with Crippen LogP contribution in [0.15, 0.2) is 52.1 Å². The summed E-state index contributed by atoms with van der Waals surface area (Å²) in [5, 5.41) is 15.3. The van der Waals surface area contributed by atoms with Gasteiger partial charge in [0.25, 0.3) is 5.56 Å². The Bertz CT molecular complexity index is 1220. The summed E-state index contributed by atoms with van der Waals surface area (Å²) < 4.78 is 4.00. The summed E-state index contributed by atoms with van der Waals surface area (Å²) in [6.07, 6.45) is 7.02. The Labute approximate surface area is 207 Å². The Kier molecular flexibility index (Phi) is 6.82. The van der Waals surface area contributed by atoms with Crippen LogP contribution in [-0.2, 0) is 0 Å². The van der Waals surface area contributed by atoms with Crippen molar-refractivity contribution in [3.05, 3.63) is 63.9 Å². The molecule has 1 heterocycles. The second-order valence-corrected chi connectivity index (χ2v) is 10.7. The number of aromatic hydroxyl groups is 1. The molecule has 2 aromatic carbocycles. The van der Waals surface area contributed by atoms with Crippen LogP contribution in [0.25, 0.3) is 10.9 Å². The van der Waals surface area contributed by atoms with Crippen molar-refractivity contribution in [1.29, 1.82) is 0 Å². The number of aromatic nitrogens is 2. The first-order valence-electron chi connectivity index (χ1n) is 9.50. The number of rotatable bonds is 3. The molecule has 0 saturated heterocycles. The van der Waals surface area contributed by atoms with Crippen LogP contribution in [0.5, 0.6) is 5.75 Å². The molecule has 0 amide bonds. The molecule has 0 bridgehead atoms. The van der Waals surface area contributed by atoms with Gasteiger partial charge in [-0.1, -0.05) is 51.1 Å². The number of halogens is 4.